The van der Waals surface area contributed by atoms with E-state index in [1.54, 1.807) is 0 Å². The van der Waals surface area contributed by atoms with Crippen LogP contribution in [0.5, 0.6) is 0 Å². The predicted molar refractivity (Wildman–Crippen MR) is 90.3 cm³/mol. The van der Waals surface area contributed by atoms with Gasteiger partial charge in [-0.25, -0.2) is 0 Å². The molecular formula is C19H33N. The van der Waals surface area contributed by atoms with E-state index in [1.165, 1.54) is 43.2 Å². The minimum atomic E-state index is 0.218. The molecule has 0 fully saturated rings. The molecule has 0 saturated carbocycles. The Labute approximate surface area is 126 Å². The van der Waals surface area contributed by atoms with Crippen LogP contribution in [-0.2, 0) is 6.42 Å². The molecule has 0 saturated heterocycles. The molecule has 0 aromatic heterocycles. The zero-order chi connectivity index (χ0) is 15.0. The summed E-state index contributed by atoms with van der Waals surface area (Å²) in [5.41, 5.74) is 3.08. The number of nitrogens with one attached hydrogen (secondary N) is 1. The normalized spacial score (nSPS) is 13.4. The SMILES string of the molecule is CCCCCC(CNC(C)(C)C)Cc1cccc(C)c1. The van der Waals surface area contributed by atoms with Crippen molar-refractivity contribution >= 4 is 0 Å². The number of unbranched alkanes of at least 4 members (excludes halogenated alkanes) is 2. The van der Waals surface area contributed by atoms with Crippen LogP contribution in [0.2, 0.25) is 0 Å². The minimum Gasteiger partial charge on any atom is -0.312 e. The molecular weight excluding hydrogens is 242 g/mol. The molecule has 0 bridgehead atoms. The zero-order valence-corrected chi connectivity index (χ0v) is 14.1. The third-order valence-electron chi connectivity index (χ3n) is 3.74. The van der Waals surface area contributed by atoms with Crippen LogP contribution < -0.4 is 5.32 Å². The molecule has 1 aromatic rings. The third-order valence-corrected chi connectivity index (χ3v) is 3.74. The molecule has 0 aliphatic rings. The molecule has 0 heterocycles. The Kier molecular flexibility index (Phi) is 7.29. The monoisotopic (exact) mass is 275 g/mol. The summed E-state index contributed by atoms with van der Waals surface area (Å²) in [4.78, 5) is 0. The second-order valence-electron chi connectivity index (χ2n) is 7.19. The smallest absolute Gasteiger partial charge is 0.00966 e. The first-order valence-electron chi connectivity index (χ1n) is 8.21. The number of hydrogen-bond acceptors (Lipinski definition) is 1. The molecule has 0 aliphatic heterocycles. The van der Waals surface area contributed by atoms with Crippen molar-refractivity contribution in [3.63, 3.8) is 0 Å². The second kappa shape index (κ2) is 8.46. The lowest BCUT2D eigenvalue weighted by Gasteiger charge is -2.25. The summed E-state index contributed by atoms with van der Waals surface area (Å²) in [5, 5.41) is 3.68. The molecule has 0 radical (unpaired) electrons. The van der Waals surface area contributed by atoms with Gasteiger partial charge >= 0.3 is 0 Å². The van der Waals surface area contributed by atoms with Crippen molar-refractivity contribution in [1.29, 1.82) is 0 Å². The summed E-state index contributed by atoms with van der Waals surface area (Å²) in [6, 6.07) is 8.98. The van der Waals surface area contributed by atoms with E-state index in [0.29, 0.717) is 0 Å². The summed E-state index contributed by atoms with van der Waals surface area (Å²) in [6.45, 7) is 12.3. The lowest BCUT2D eigenvalue weighted by atomic mass is 9.92. The summed E-state index contributed by atoms with van der Waals surface area (Å²) in [7, 11) is 0. The van der Waals surface area contributed by atoms with E-state index < -0.39 is 0 Å². The standard InChI is InChI=1S/C19H33N/c1-6-7-8-11-18(15-20-19(3,4)5)14-17-12-9-10-16(2)13-17/h9-10,12-13,18,20H,6-8,11,14-15H2,1-5H3. The Morgan fingerprint density at radius 3 is 2.50 bits per heavy atom. The highest BCUT2D eigenvalue weighted by Gasteiger charge is 2.14. The van der Waals surface area contributed by atoms with Gasteiger partial charge in [0.15, 0.2) is 0 Å². The number of aryl methyl sites for hydroxylation is 1. The lowest BCUT2D eigenvalue weighted by Crippen LogP contribution is -2.39. The van der Waals surface area contributed by atoms with Crippen LogP contribution in [0.4, 0.5) is 0 Å². The molecule has 20 heavy (non-hydrogen) atoms. The van der Waals surface area contributed by atoms with E-state index in [1.807, 2.05) is 0 Å². The fourth-order valence-electron chi connectivity index (χ4n) is 2.58. The van der Waals surface area contributed by atoms with Crippen LogP contribution in [0.1, 0.15) is 64.5 Å². The van der Waals surface area contributed by atoms with Gasteiger partial charge < -0.3 is 5.32 Å². The second-order valence-corrected chi connectivity index (χ2v) is 7.19. The largest absolute Gasteiger partial charge is 0.312 e. The van der Waals surface area contributed by atoms with Gasteiger partial charge in [-0.05, 0) is 58.6 Å². The molecule has 0 aliphatic carbocycles. The molecule has 1 N–H and O–H groups in total. The van der Waals surface area contributed by atoms with Gasteiger partial charge in [-0.2, -0.15) is 0 Å². The highest BCUT2D eigenvalue weighted by Crippen LogP contribution is 2.17. The highest BCUT2D eigenvalue weighted by atomic mass is 14.9. The quantitative estimate of drug-likeness (QED) is 0.649. The number of benzene rings is 1. The van der Waals surface area contributed by atoms with Crippen molar-refractivity contribution < 1.29 is 0 Å². The maximum absolute atomic E-state index is 3.68. The first-order chi connectivity index (χ1) is 9.40. The van der Waals surface area contributed by atoms with Crippen molar-refractivity contribution in [2.24, 2.45) is 5.92 Å². The summed E-state index contributed by atoms with van der Waals surface area (Å²) in [5.74, 6) is 0.752. The van der Waals surface area contributed by atoms with Gasteiger partial charge in [0.05, 0.1) is 0 Å². The molecule has 1 nitrogen and oxygen atoms in total. The van der Waals surface area contributed by atoms with Crippen molar-refractivity contribution in [3.05, 3.63) is 35.4 Å². The summed E-state index contributed by atoms with van der Waals surface area (Å²) >= 11 is 0. The van der Waals surface area contributed by atoms with Gasteiger partial charge in [0, 0.05) is 5.54 Å². The van der Waals surface area contributed by atoms with Gasteiger partial charge in [0.25, 0.3) is 0 Å². The van der Waals surface area contributed by atoms with E-state index in [-0.39, 0.29) is 5.54 Å². The maximum Gasteiger partial charge on any atom is 0.00966 e. The first-order valence-corrected chi connectivity index (χ1v) is 8.21. The van der Waals surface area contributed by atoms with Gasteiger partial charge in [-0.3, -0.25) is 0 Å². The van der Waals surface area contributed by atoms with Crippen LogP contribution >= 0.6 is 0 Å². The van der Waals surface area contributed by atoms with Gasteiger partial charge in [0.2, 0.25) is 0 Å². The molecule has 1 heteroatoms. The van der Waals surface area contributed by atoms with E-state index in [0.717, 1.165) is 12.5 Å². The molecule has 0 amide bonds. The lowest BCUT2D eigenvalue weighted by molar-refractivity contribution is 0.350. The van der Waals surface area contributed by atoms with Crippen molar-refractivity contribution in [2.75, 3.05) is 6.54 Å². The maximum atomic E-state index is 3.68. The average molecular weight is 275 g/mol. The third kappa shape index (κ3) is 7.69. The predicted octanol–water partition coefficient (Wildman–Crippen LogP) is 5.12. The Morgan fingerprint density at radius 2 is 1.90 bits per heavy atom. The van der Waals surface area contributed by atoms with Crippen LogP contribution in [0.3, 0.4) is 0 Å². The first kappa shape index (κ1) is 17.2. The molecule has 1 atom stereocenters. The van der Waals surface area contributed by atoms with Gasteiger partial charge in [-0.15, -0.1) is 0 Å². The average Bonchev–Trinajstić information content (AvgIpc) is 2.35. The van der Waals surface area contributed by atoms with Crippen molar-refractivity contribution in [1.82, 2.24) is 5.32 Å². The molecule has 1 rings (SSSR count). The Morgan fingerprint density at radius 1 is 1.15 bits per heavy atom. The minimum absolute atomic E-state index is 0.218. The van der Waals surface area contributed by atoms with Crippen LogP contribution in [0.25, 0.3) is 0 Å². The molecule has 0 spiro atoms. The Balaban J connectivity index is 2.56. The highest BCUT2D eigenvalue weighted by molar-refractivity contribution is 5.22. The van der Waals surface area contributed by atoms with Crippen molar-refractivity contribution in [3.8, 4) is 0 Å². The molecule has 1 aromatic carbocycles. The van der Waals surface area contributed by atoms with E-state index >= 15 is 0 Å². The summed E-state index contributed by atoms with van der Waals surface area (Å²) in [6.07, 6.45) is 6.57. The molecule has 1 unspecified atom stereocenters. The Hall–Kier alpha value is -0.820. The Bertz CT molecular complexity index is 376. The fourth-order valence-corrected chi connectivity index (χ4v) is 2.58. The summed E-state index contributed by atoms with van der Waals surface area (Å²) < 4.78 is 0. The molecule has 114 valence electrons. The van der Waals surface area contributed by atoms with E-state index in [4.69, 9.17) is 0 Å². The fraction of sp³-hybridized carbons (Fsp3) is 0.684. The zero-order valence-electron chi connectivity index (χ0n) is 14.1. The van der Waals surface area contributed by atoms with Gasteiger partial charge in [-0.1, -0.05) is 56.0 Å². The number of hydrogen-bond donors (Lipinski definition) is 1. The van der Waals surface area contributed by atoms with Crippen LogP contribution in [0.15, 0.2) is 24.3 Å². The van der Waals surface area contributed by atoms with Gasteiger partial charge in [0.1, 0.15) is 0 Å². The van der Waals surface area contributed by atoms with Crippen molar-refractivity contribution in [2.45, 2.75) is 72.3 Å². The van der Waals surface area contributed by atoms with E-state index in [9.17, 15) is 0 Å². The topological polar surface area (TPSA) is 12.0 Å². The number of rotatable bonds is 8. The van der Waals surface area contributed by atoms with Crippen LogP contribution in [0, 0.1) is 12.8 Å². The van der Waals surface area contributed by atoms with Crippen LogP contribution in [-0.4, -0.2) is 12.1 Å². The van der Waals surface area contributed by atoms with E-state index in [2.05, 4.69) is 64.2 Å².